The summed E-state index contributed by atoms with van der Waals surface area (Å²) in [5.74, 6) is -0.137. The first-order valence-electron chi connectivity index (χ1n) is 6.77. The lowest BCUT2D eigenvalue weighted by Gasteiger charge is -2.16. The number of hydrogen-bond donors (Lipinski definition) is 1. The molecule has 1 amide bonds. The van der Waals surface area contributed by atoms with Gasteiger partial charge in [0.05, 0.1) is 6.10 Å². The minimum Gasteiger partial charge on any atom is -0.455 e. The van der Waals surface area contributed by atoms with Crippen molar-refractivity contribution in [2.75, 3.05) is 13.2 Å². The lowest BCUT2D eigenvalue weighted by molar-refractivity contribution is 0.0815. The fraction of sp³-hybridized carbons (Fsp3) is 0.615. The minimum absolute atomic E-state index is 0.0568. The highest BCUT2D eigenvalue weighted by Gasteiger charge is 2.28. The fourth-order valence-corrected chi connectivity index (χ4v) is 3.60. The van der Waals surface area contributed by atoms with Crippen molar-refractivity contribution >= 4 is 25.6 Å². The second-order valence-corrected chi connectivity index (χ2v) is 7.58. The first-order chi connectivity index (χ1) is 9.82. The standard InChI is InChI=1S/C13H18ClNO5S/c1-3-10-9(4-5-19-10)7-15-13(16)11-6-12(8(2)20-11)21(14,17)18/h6,9-10H,3-5,7H2,1-2H3,(H,15,16). The molecule has 0 aliphatic carbocycles. The van der Waals surface area contributed by atoms with Gasteiger partial charge in [-0.15, -0.1) is 0 Å². The Morgan fingerprint density at radius 1 is 1.52 bits per heavy atom. The van der Waals surface area contributed by atoms with E-state index < -0.39 is 15.0 Å². The molecule has 0 radical (unpaired) electrons. The van der Waals surface area contributed by atoms with Crippen LogP contribution in [-0.2, 0) is 13.8 Å². The van der Waals surface area contributed by atoms with Gasteiger partial charge in [0.15, 0.2) is 5.76 Å². The Balaban J connectivity index is 2.01. The Bertz CT molecular complexity index is 625. The van der Waals surface area contributed by atoms with Crippen molar-refractivity contribution in [1.82, 2.24) is 5.32 Å². The van der Waals surface area contributed by atoms with Crippen LogP contribution in [0, 0.1) is 12.8 Å². The maximum Gasteiger partial charge on any atom is 0.287 e. The van der Waals surface area contributed by atoms with Crippen molar-refractivity contribution in [3.8, 4) is 0 Å². The molecule has 2 unspecified atom stereocenters. The van der Waals surface area contributed by atoms with E-state index in [2.05, 4.69) is 5.32 Å². The molecule has 1 aromatic heterocycles. The summed E-state index contributed by atoms with van der Waals surface area (Å²) in [6.07, 6.45) is 1.95. The van der Waals surface area contributed by atoms with Gasteiger partial charge in [0.25, 0.3) is 15.0 Å². The molecule has 0 aromatic carbocycles. The molecule has 0 bridgehead atoms. The van der Waals surface area contributed by atoms with Gasteiger partial charge < -0.3 is 14.5 Å². The third-order valence-electron chi connectivity index (χ3n) is 3.63. The number of carbonyl (C=O) groups is 1. The number of furan rings is 1. The number of carbonyl (C=O) groups excluding carboxylic acids is 1. The first-order valence-corrected chi connectivity index (χ1v) is 9.08. The molecule has 2 atom stereocenters. The summed E-state index contributed by atoms with van der Waals surface area (Å²) >= 11 is 0. The molecule has 6 nitrogen and oxygen atoms in total. The molecule has 1 aliphatic rings. The zero-order chi connectivity index (χ0) is 15.6. The predicted molar refractivity (Wildman–Crippen MR) is 77.0 cm³/mol. The molecular weight excluding hydrogens is 318 g/mol. The van der Waals surface area contributed by atoms with E-state index in [1.165, 1.54) is 6.92 Å². The Morgan fingerprint density at radius 2 is 2.24 bits per heavy atom. The van der Waals surface area contributed by atoms with Crippen LogP contribution < -0.4 is 5.32 Å². The van der Waals surface area contributed by atoms with E-state index >= 15 is 0 Å². The number of nitrogens with one attached hydrogen (secondary N) is 1. The Hall–Kier alpha value is -1.05. The highest BCUT2D eigenvalue weighted by atomic mass is 35.7. The Morgan fingerprint density at radius 3 is 2.81 bits per heavy atom. The zero-order valence-corrected chi connectivity index (χ0v) is 13.5. The fourth-order valence-electron chi connectivity index (χ4n) is 2.51. The van der Waals surface area contributed by atoms with E-state index in [0.717, 1.165) is 18.9 Å². The van der Waals surface area contributed by atoms with Crippen molar-refractivity contribution in [3.05, 3.63) is 17.6 Å². The summed E-state index contributed by atoms with van der Waals surface area (Å²) in [6, 6.07) is 1.15. The molecule has 21 heavy (non-hydrogen) atoms. The van der Waals surface area contributed by atoms with Crippen LogP contribution in [0.25, 0.3) is 0 Å². The molecule has 0 saturated carbocycles. The van der Waals surface area contributed by atoms with E-state index in [-0.39, 0.29) is 28.4 Å². The number of aryl methyl sites for hydroxylation is 1. The number of halogens is 1. The molecule has 1 saturated heterocycles. The van der Waals surface area contributed by atoms with E-state index in [1.807, 2.05) is 6.92 Å². The summed E-state index contributed by atoms with van der Waals surface area (Å²) in [7, 11) is 1.35. The summed E-state index contributed by atoms with van der Waals surface area (Å²) < 4.78 is 33.3. The number of hydrogen-bond acceptors (Lipinski definition) is 5. The molecule has 1 fully saturated rings. The Labute approximate surface area is 128 Å². The van der Waals surface area contributed by atoms with Crippen LogP contribution in [-0.4, -0.2) is 33.6 Å². The Kier molecular flexibility index (Phi) is 4.95. The van der Waals surface area contributed by atoms with Crippen LogP contribution in [0.3, 0.4) is 0 Å². The lowest BCUT2D eigenvalue weighted by Crippen LogP contribution is -2.32. The summed E-state index contributed by atoms with van der Waals surface area (Å²) in [5.41, 5.74) is 0. The van der Waals surface area contributed by atoms with Crippen LogP contribution in [0.1, 0.15) is 36.1 Å². The predicted octanol–water partition coefficient (Wildman–Crippen LogP) is 2.06. The van der Waals surface area contributed by atoms with Crippen LogP contribution >= 0.6 is 10.7 Å². The minimum atomic E-state index is -3.91. The third-order valence-corrected chi connectivity index (χ3v) is 5.06. The highest BCUT2D eigenvalue weighted by molar-refractivity contribution is 8.13. The van der Waals surface area contributed by atoms with Gasteiger partial charge in [-0.3, -0.25) is 4.79 Å². The lowest BCUT2D eigenvalue weighted by atomic mass is 10.00. The van der Waals surface area contributed by atoms with E-state index in [9.17, 15) is 13.2 Å². The smallest absolute Gasteiger partial charge is 0.287 e. The third kappa shape index (κ3) is 3.78. The normalized spacial score (nSPS) is 22.4. The summed E-state index contributed by atoms with van der Waals surface area (Å²) in [6.45, 7) is 4.66. The largest absolute Gasteiger partial charge is 0.455 e. The van der Waals surface area contributed by atoms with Crippen molar-refractivity contribution < 1.29 is 22.4 Å². The van der Waals surface area contributed by atoms with E-state index in [4.69, 9.17) is 19.8 Å². The summed E-state index contributed by atoms with van der Waals surface area (Å²) in [4.78, 5) is 11.8. The van der Waals surface area contributed by atoms with Gasteiger partial charge in [-0.2, -0.15) is 0 Å². The zero-order valence-electron chi connectivity index (χ0n) is 11.9. The second-order valence-electron chi connectivity index (χ2n) is 5.05. The molecule has 118 valence electrons. The number of amides is 1. The topological polar surface area (TPSA) is 85.6 Å². The molecule has 2 rings (SSSR count). The van der Waals surface area contributed by atoms with Crippen LogP contribution in [0.15, 0.2) is 15.4 Å². The number of rotatable bonds is 5. The average Bonchev–Trinajstić information content (AvgIpc) is 3.00. The van der Waals surface area contributed by atoms with E-state index in [1.54, 1.807) is 0 Å². The van der Waals surface area contributed by atoms with Gasteiger partial charge in [0.1, 0.15) is 10.7 Å². The average molecular weight is 336 g/mol. The van der Waals surface area contributed by atoms with Gasteiger partial charge >= 0.3 is 0 Å². The molecule has 8 heteroatoms. The maximum absolute atomic E-state index is 12.0. The van der Waals surface area contributed by atoms with Crippen LogP contribution in [0.5, 0.6) is 0 Å². The molecular formula is C13H18ClNO5S. The highest BCUT2D eigenvalue weighted by Crippen LogP contribution is 2.24. The monoisotopic (exact) mass is 335 g/mol. The quantitative estimate of drug-likeness (QED) is 0.832. The van der Waals surface area contributed by atoms with Crippen LogP contribution in [0.4, 0.5) is 0 Å². The van der Waals surface area contributed by atoms with Crippen molar-refractivity contribution in [1.29, 1.82) is 0 Å². The first kappa shape index (κ1) is 16.3. The molecule has 1 N–H and O–H groups in total. The van der Waals surface area contributed by atoms with Gasteiger partial charge in [0.2, 0.25) is 0 Å². The van der Waals surface area contributed by atoms with E-state index in [0.29, 0.717) is 13.2 Å². The van der Waals surface area contributed by atoms with Gasteiger partial charge in [-0.25, -0.2) is 8.42 Å². The van der Waals surface area contributed by atoms with Crippen LogP contribution in [0.2, 0.25) is 0 Å². The SMILES string of the molecule is CCC1OCCC1CNC(=O)c1cc(S(=O)(=O)Cl)c(C)o1. The van der Waals surface area contributed by atoms with Crippen molar-refractivity contribution in [3.63, 3.8) is 0 Å². The van der Waals surface area contributed by atoms with Crippen molar-refractivity contribution in [2.24, 2.45) is 5.92 Å². The molecule has 2 heterocycles. The van der Waals surface area contributed by atoms with Crippen molar-refractivity contribution in [2.45, 2.75) is 37.7 Å². The molecule has 1 aromatic rings. The molecule has 0 spiro atoms. The maximum atomic E-state index is 12.0. The van der Waals surface area contributed by atoms with Gasteiger partial charge in [0, 0.05) is 35.8 Å². The van der Waals surface area contributed by atoms with Gasteiger partial charge in [-0.1, -0.05) is 6.92 Å². The second kappa shape index (κ2) is 6.37. The van der Waals surface area contributed by atoms with Gasteiger partial charge in [-0.05, 0) is 19.8 Å². The number of ether oxygens (including phenoxy) is 1. The molecule has 1 aliphatic heterocycles. The summed E-state index contributed by atoms with van der Waals surface area (Å²) in [5, 5.41) is 2.75.